The third-order valence-electron chi connectivity index (χ3n) is 5.17. The number of hydrogen-bond acceptors (Lipinski definition) is 4. The quantitative estimate of drug-likeness (QED) is 0.901. The summed E-state index contributed by atoms with van der Waals surface area (Å²) in [6.45, 7) is 0.292. The second-order valence-corrected chi connectivity index (χ2v) is 6.68. The SMILES string of the molecule is O=C(OCC1c2ccccc2-c2ccccc21)N1C[C@H](O)C[C@H]1CO. The number of carbonyl (C=O) groups is 1. The van der Waals surface area contributed by atoms with E-state index in [2.05, 4.69) is 24.3 Å². The second kappa shape index (κ2) is 6.50. The summed E-state index contributed by atoms with van der Waals surface area (Å²) >= 11 is 0. The fourth-order valence-corrected chi connectivity index (χ4v) is 3.97. The first-order valence-electron chi connectivity index (χ1n) is 8.59. The molecule has 2 N–H and O–H groups in total. The number of ether oxygens (including phenoxy) is 1. The molecule has 0 saturated carbocycles. The number of β-amino-alcohol motifs (C(OH)–C–C–N with tert-alkyl or cyclic N) is 1. The third kappa shape index (κ3) is 2.79. The van der Waals surface area contributed by atoms with E-state index in [0.717, 1.165) is 11.1 Å². The highest BCUT2D eigenvalue weighted by Gasteiger charge is 2.36. The summed E-state index contributed by atoms with van der Waals surface area (Å²) in [6.07, 6.45) is -0.684. The van der Waals surface area contributed by atoms with Crippen LogP contribution in [-0.4, -0.2) is 53.1 Å². The van der Waals surface area contributed by atoms with Crippen LogP contribution < -0.4 is 0 Å². The molecule has 25 heavy (non-hydrogen) atoms. The second-order valence-electron chi connectivity index (χ2n) is 6.68. The molecular formula is C20H21NO4. The molecule has 130 valence electrons. The highest BCUT2D eigenvalue weighted by molar-refractivity contribution is 5.79. The number of nitrogens with zero attached hydrogens (tertiary/aromatic N) is 1. The first-order chi connectivity index (χ1) is 12.2. The van der Waals surface area contributed by atoms with Crippen molar-refractivity contribution in [3.8, 4) is 11.1 Å². The van der Waals surface area contributed by atoms with Crippen LogP contribution in [0, 0.1) is 0 Å². The van der Waals surface area contributed by atoms with Crippen molar-refractivity contribution in [3.05, 3.63) is 59.7 Å². The molecule has 0 aromatic heterocycles. The average molecular weight is 339 g/mol. The van der Waals surface area contributed by atoms with Crippen molar-refractivity contribution < 1.29 is 19.7 Å². The lowest BCUT2D eigenvalue weighted by Gasteiger charge is -2.23. The first kappa shape index (κ1) is 16.1. The number of amides is 1. The summed E-state index contributed by atoms with van der Waals surface area (Å²) in [4.78, 5) is 13.9. The van der Waals surface area contributed by atoms with E-state index in [1.807, 2.05) is 24.3 Å². The van der Waals surface area contributed by atoms with E-state index in [1.54, 1.807) is 0 Å². The fourth-order valence-electron chi connectivity index (χ4n) is 3.97. The van der Waals surface area contributed by atoms with Crippen molar-refractivity contribution in [2.75, 3.05) is 19.8 Å². The van der Waals surface area contributed by atoms with Crippen LogP contribution in [0.25, 0.3) is 11.1 Å². The molecule has 5 heteroatoms. The summed E-state index contributed by atoms with van der Waals surface area (Å²) < 4.78 is 5.57. The van der Waals surface area contributed by atoms with Crippen LogP contribution in [0.2, 0.25) is 0 Å². The van der Waals surface area contributed by atoms with Crippen molar-refractivity contribution >= 4 is 6.09 Å². The van der Waals surface area contributed by atoms with Gasteiger partial charge in [-0.1, -0.05) is 48.5 Å². The Morgan fingerprint density at radius 3 is 2.28 bits per heavy atom. The molecule has 1 aliphatic carbocycles. The highest BCUT2D eigenvalue weighted by Crippen LogP contribution is 2.44. The number of aliphatic hydroxyl groups excluding tert-OH is 2. The number of rotatable bonds is 3. The Bertz CT molecular complexity index is 745. The monoisotopic (exact) mass is 339 g/mol. The van der Waals surface area contributed by atoms with Gasteiger partial charge in [0.1, 0.15) is 6.61 Å². The van der Waals surface area contributed by atoms with E-state index >= 15 is 0 Å². The Labute approximate surface area is 146 Å². The summed E-state index contributed by atoms with van der Waals surface area (Å²) in [6, 6.07) is 16.0. The summed E-state index contributed by atoms with van der Waals surface area (Å²) in [5.41, 5.74) is 4.70. The topological polar surface area (TPSA) is 70.0 Å². The van der Waals surface area contributed by atoms with Crippen molar-refractivity contribution in [2.24, 2.45) is 0 Å². The maximum absolute atomic E-state index is 12.4. The van der Waals surface area contributed by atoms with E-state index in [0.29, 0.717) is 6.42 Å². The Morgan fingerprint density at radius 2 is 1.68 bits per heavy atom. The predicted octanol–water partition coefficient (Wildman–Crippen LogP) is 2.36. The van der Waals surface area contributed by atoms with E-state index in [-0.39, 0.29) is 31.7 Å². The van der Waals surface area contributed by atoms with Crippen LogP contribution in [-0.2, 0) is 4.74 Å². The molecule has 0 unspecified atom stereocenters. The van der Waals surface area contributed by atoms with Gasteiger partial charge in [-0.25, -0.2) is 4.79 Å². The van der Waals surface area contributed by atoms with E-state index in [1.165, 1.54) is 16.0 Å². The molecule has 0 bridgehead atoms. The molecule has 2 aromatic rings. The smallest absolute Gasteiger partial charge is 0.410 e. The molecule has 0 radical (unpaired) electrons. The van der Waals surface area contributed by atoms with Gasteiger partial charge in [0.25, 0.3) is 0 Å². The lowest BCUT2D eigenvalue weighted by Crippen LogP contribution is -2.38. The zero-order chi connectivity index (χ0) is 17.4. The number of aliphatic hydroxyl groups is 2. The Balaban J connectivity index is 1.53. The molecule has 2 aromatic carbocycles. The predicted molar refractivity (Wildman–Crippen MR) is 93.3 cm³/mol. The molecule has 1 heterocycles. The van der Waals surface area contributed by atoms with Gasteiger partial charge >= 0.3 is 6.09 Å². The highest BCUT2D eigenvalue weighted by atomic mass is 16.6. The van der Waals surface area contributed by atoms with Crippen LogP contribution in [0.4, 0.5) is 4.79 Å². The number of fused-ring (bicyclic) bond motifs is 3. The van der Waals surface area contributed by atoms with Gasteiger partial charge < -0.3 is 19.8 Å². The number of benzene rings is 2. The maximum Gasteiger partial charge on any atom is 0.410 e. The normalized spacial score (nSPS) is 21.9. The van der Waals surface area contributed by atoms with Gasteiger partial charge in [0.15, 0.2) is 0 Å². The minimum Gasteiger partial charge on any atom is -0.448 e. The Hall–Kier alpha value is -2.37. The Kier molecular flexibility index (Phi) is 4.19. The molecule has 4 rings (SSSR count). The summed E-state index contributed by atoms with van der Waals surface area (Å²) in [5, 5.41) is 19.1. The van der Waals surface area contributed by atoms with Crippen molar-refractivity contribution in [1.29, 1.82) is 0 Å². The van der Waals surface area contributed by atoms with Crippen LogP contribution >= 0.6 is 0 Å². The molecule has 5 nitrogen and oxygen atoms in total. The first-order valence-corrected chi connectivity index (χ1v) is 8.59. The summed E-state index contributed by atoms with van der Waals surface area (Å²) in [7, 11) is 0. The maximum atomic E-state index is 12.4. The molecule has 1 amide bonds. The Morgan fingerprint density at radius 1 is 1.08 bits per heavy atom. The van der Waals surface area contributed by atoms with Crippen molar-refractivity contribution in [2.45, 2.75) is 24.5 Å². The average Bonchev–Trinajstić information content (AvgIpc) is 3.18. The number of carbonyl (C=O) groups excluding carboxylic acids is 1. The molecule has 2 aliphatic rings. The molecule has 1 aliphatic heterocycles. The van der Waals surface area contributed by atoms with Crippen molar-refractivity contribution in [3.63, 3.8) is 0 Å². The molecule has 2 atom stereocenters. The minimum atomic E-state index is -0.599. The zero-order valence-electron chi connectivity index (χ0n) is 13.8. The van der Waals surface area contributed by atoms with Gasteiger partial charge in [0.05, 0.1) is 25.3 Å². The van der Waals surface area contributed by atoms with Gasteiger partial charge in [0, 0.05) is 5.92 Å². The largest absolute Gasteiger partial charge is 0.448 e. The molecule has 1 fully saturated rings. The zero-order valence-corrected chi connectivity index (χ0v) is 13.8. The minimum absolute atomic E-state index is 0.0106. The number of hydrogen-bond donors (Lipinski definition) is 2. The van der Waals surface area contributed by atoms with Crippen LogP contribution in [0.5, 0.6) is 0 Å². The van der Waals surface area contributed by atoms with E-state index in [4.69, 9.17) is 4.74 Å². The lowest BCUT2D eigenvalue weighted by molar-refractivity contribution is 0.0803. The molecule has 0 spiro atoms. The van der Waals surface area contributed by atoms with Crippen LogP contribution in [0.15, 0.2) is 48.5 Å². The van der Waals surface area contributed by atoms with Gasteiger partial charge in [-0.05, 0) is 28.7 Å². The van der Waals surface area contributed by atoms with Gasteiger partial charge in [-0.15, -0.1) is 0 Å². The summed E-state index contributed by atoms with van der Waals surface area (Å²) in [5.74, 6) is 0.0106. The van der Waals surface area contributed by atoms with Gasteiger partial charge in [-0.3, -0.25) is 0 Å². The molecule has 1 saturated heterocycles. The van der Waals surface area contributed by atoms with E-state index < -0.39 is 12.2 Å². The van der Waals surface area contributed by atoms with E-state index in [9.17, 15) is 15.0 Å². The van der Waals surface area contributed by atoms with Crippen LogP contribution in [0.3, 0.4) is 0 Å². The van der Waals surface area contributed by atoms with Gasteiger partial charge in [0.2, 0.25) is 0 Å². The van der Waals surface area contributed by atoms with Crippen LogP contribution in [0.1, 0.15) is 23.5 Å². The van der Waals surface area contributed by atoms with Crippen molar-refractivity contribution in [1.82, 2.24) is 4.90 Å². The third-order valence-corrected chi connectivity index (χ3v) is 5.17. The number of likely N-dealkylation sites (tertiary alicyclic amines) is 1. The fraction of sp³-hybridized carbons (Fsp3) is 0.350. The molecular weight excluding hydrogens is 318 g/mol. The van der Waals surface area contributed by atoms with Gasteiger partial charge in [-0.2, -0.15) is 0 Å². The lowest BCUT2D eigenvalue weighted by atomic mass is 9.98. The standard InChI is InChI=1S/C20H21NO4/c22-11-13-9-14(23)10-21(13)20(24)25-12-19-17-7-3-1-5-15(17)16-6-2-4-8-18(16)19/h1-8,13-14,19,22-23H,9-12H2/t13-,14+/m0/s1.